The van der Waals surface area contributed by atoms with Gasteiger partial charge >= 0.3 is 0 Å². The minimum atomic E-state index is -3.55. The van der Waals surface area contributed by atoms with E-state index < -0.39 is 15.7 Å². The minimum Gasteiger partial charge on any atom is -0.355 e. The third-order valence-corrected chi connectivity index (χ3v) is 5.75. The Hall–Kier alpha value is -2.29. The lowest BCUT2D eigenvalue weighted by molar-refractivity contribution is -0.125. The fourth-order valence-corrected chi connectivity index (χ4v) is 3.82. The summed E-state index contributed by atoms with van der Waals surface area (Å²) in [6.07, 6.45) is 2.80. The predicted molar refractivity (Wildman–Crippen MR) is 83.3 cm³/mol. The first-order chi connectivity index (χ1) is 11.5. The first-order valence-corrected chi connectivity index (χ1v) is 9.23. The van der Waals surface area contributed by atoms with Crippen LogP contribution in [0.4, 0.5) is 4.39 Å². The highest BCUT2D eigenvalue weighted by atomic mass is 32.2. The smallest absolute Gasteiger partial charge is 0.225 e. The van der Waals surface area contributed by atoms with Gasteiger partial charge in [0.05, 0.1) is 23.1 Å². The molecule has 9 heteroatoms. The van der Waals surface area contributed by atoms with Crippen LogP contribution in [0.2, 0.25) is 0 Å². The Balaban J connectivity index is 1.53. The molecule has 0 spiro atoms. The molecule has 1 atom stereocenters. The van der Waals surface area contributed by atoms with Gasteiger partial charge in [-0.1, -0.05) is 0 Å². The van der Waals surface area contributed by atoms with E-state index in [1.54, 1.807) is 4.68 Å². The molecule has 1 aromatic carbocycles. The fourth-order valence-electron chi connectivity index (χ4n) is 2.66. The van der Waals surface area contributed by atoms with Crippen molar-refractivity contribution in [3.8, 4) is 0 Å². The molecule has 1 N–H and O–H groups in total. The van der Waals surface area contributed by atoms with Gasteiger partial charge in [0, 0.05) is 13.0 Å². The SMILES string of the molecule is O=C(NCCS(=O)(=O)c1ccc(F)cc1)C1CCc2ncnn2C1. The number of carbonyl (C=O) groups is 1. The van der Waals surface area contributed by atoms with Gasteiger partial charge in [-0.3, -0.25) is 4.79 Å². The molecule has 0 fully saturated rings. The lowest BCUT2D eigenvalue weighted by Gasteiger charge is -2.21. The molecule has 0 bridgehead atoms. The van der Waals surface area contributed by atoms with Crippen LogP contribution in [-0.4, -0.2) is 41.4 Å². The third-order valence-electron chi connectivity index (χ3n) is 4.02. The summed E-state index contributed by atoms with van der Waals surface area (Å²) in [5.74, 6) is -0.297. The van der Waals surface area contributed by atoms with E-state index in [1.165, 1.54) is 18.5 Å². The number of nitrogens with one attached hydrogen (secondary N) is 1. The molecule has 1 unspecified atom stereocenters. The summed E-state index contributed by atoms with van der Waals surface area (Å²) in [7, 11) is -3.55. The van der Waals surface area contributed by atoms with Gasteiger partial charge in [0.2, 0.25) is 5.91 Å². The van der Waals surface area contributed by atoms with E-state index in [-0.39, 0.29) is 29.0 Å². The normalized spacial score (nSPS) is 17.3. The van der Waals surface area contributed by atoms with Crippen LogP contribution in [-0.2, 0) is 27.6 Å². The summed E-state index contributed by atoms with van der Waals surface area (Å²) in [6.45, 7) is 0.463. The standard InChI is InChI=1S/C15H17FN4O3S/c16-12-2-4-13(5-3-12)24(22,23)8-7-17-15(21)11-1-6-14-18-10-19-20(14)9-11/h2-5,10-11H,1,6-9H2,(H,17,21). The maximum Gasteiger partial charge on any atom is 0.225 e. The first kappa shape index (κ1) is 16.6. The molecule has 0 aliphatic carbocycles. The van der Waals surface area contributed by atoms with Crippen LogP contribution in [0, 0.1) is 11.7 Å². The Kier molecular flexibility index (Phi) is 4.61. The van der Waals surface area contributed by atoms with Crippen molar-refractivity contribution in [1.29, 1.82) is 0 Å². The number of aromatic nitrogens is 3. The second kappa shape index (κ2) is 6.68. The van der Waals surface area contributed by atoms with Gasteiger partial charge in [-0.05, 0) is 30.7 Å². The molecule has 1 amide bonds. The van der Waals surface area contributed by atoms with Crippen LogP contribution in [0.5, 0.6) is 0 Å². The first-order valence-electron chi connectivity index (χ1n) is 7.58. The summed E-state index contributed by atoms with van der Waals surface area (Å²) in [5.41, 5.74) is 0. The molecule has 0 saturated carbocycles. The van der Waals surface area contributed by atoms with Crippen LogP contribution in [0.25, 0.3) is 0 Å². The zero-order valence-corrected chi connectivity index (χ0v) is 13.7. The zero-order valence-electron chi connectivity index (χ0n) is 12.9. The van der Waals surface area contributed by atoms with E-state index in [4.69, 9.17) is 0 Å². The van der Waals surface area contributed by atoms with Gasteiger partial charge in [0.25, 0.3) is 0 Å². The number of rotatable bonds is 5. The number of carbonyl (C=O) groups excluding carboxylic acids is 1. The average molecular weight is 352 g/mol. The third kappa shape index (κ3) is 3.61. The van der Waals surface area contributed by atoms with Crippen molar-refractivity contribution in [3.63, 3.8) is 0 Å². The molecule has 1 aliphatic heterocycles. The molecule has 1 aliphatic rings. The van der Waals surface area contributed by atoms with Gasteiger partial charge < -0.3 is 5.32 Å². The van der Waals surface area contributed by atoms with E-state index in [2.05, 4.69) is 15.4 Å². The summed E-state index contributed by atoms with van der Waals surface area (Å²) in [6, 6.07) is 4.64. The molecule has 3 rings (SSSR count). The van der Waals surface area contributed by atoms with Crippen molar-refractivity contribution < 1.29 is 17.6 Å². The number of hydrogen-bond acceptors (Lipinski definition) is 5. The molecule has 24 heavy (non-hydrogen) atoms. The zero-order chi connectivity index (χ0) is 17.2. The lowest BCUT2D eigenvalue weighted by Crippen LogP contribution is -2.38. The number of amides is 1. The molecule has 1 aromatic heterocycles. The highest BCUT2D eigenvalue weighted by Crippen LogP contribution is 2.17. The van der Waals surface area contributed by atoms with Crippen molar-refractivity contribution in [1.82, 2.24) is 20.1 Å². The van der Waals surface area contributed by atoms with Crippen molar-refractivity contribution in [2.45, 2.75) is 24.3 Å². The molecule has 0 saturated heterocycles. The van der Waals surface area contributed by atoms with E-state index >= 15 is 0 Å². The highest BCUT2D eigenvalue weighted by Gasteiger charge is 2.26. The Morgan fingerprint density at radius 3 is 2.83 bits per heavy atom. The Morgan fingerprint density at radius 1 is 1.33 bits per heavy atom. The molecular formula is C15H17FN4O3S. The lowest BCUT2D eigenvalue weighted by atomic mass is 9.99. The summed E-state index contributed by atoms with van der Waals surface area (Å²) < 4.78 is 38.8. The van der Waals surface area contributed by atoms with Crippen LogP contribution >= 0.6 is 0 Å². The number of sulfone groups is 1. The number of benzene rings is 1. The maximum absolute atomic E-state index is 12.9. The van der Waals surface area contributed by atoms with Crippen LogP contribution < -0.4 is 5.32 Å². The molecule has 0 radical (unpaired) electrons. The molecule has 2 aromatic rings. The largest absolute Gasteiger partial charge is 0.355 e. The van der Waals surface area contributed by atoms with Crippen LogP contribution in [0.3, 0.4) is 0 Å². The monoisotopic (exact) mass is 352 g/mol. The highest BCUT2D eigenvalue weighted by molar-refractivity contribution is 7.91. The second-order valence-corrected chi connectivity index (χ2v) is 7.77. The Bertz CT molecular complexity index is 833. The van der Waals surface area contributed by atoms with E-state index in [9.17, 15) is 17.6 Å². The summed E-state index contributed by atoms with van der Waals surface area (Å²) in [4.78, 5) is 16.3. The number of aryl methyl sites for hydroxylation is 1. The van der Waals surface area contributed by atoms with Gasteiger partial charge in [-0.2, -0.15) is 5.10 Å². The number of nitrogens with zero attached hydrogens (tertiary/aromatic N) is 3. The van der Waals surface area contributed by atoms with Crippen molar-refractivity contribution in [3.05, 3.63) is 42.2 Å². The fraction of sp³-hybridized carbons (Fsp3) is 0.400. The summed E-state index contributed by atoms with van der Waals surface area (Å²) >= 11 is 0. The number of halogens is 1. The Labute approximate surface area is 138 Å². The molecular weight excluding hydrogens is 335 g/mol. The van der Waals surface area contributed by atoms with Gasteiger partial charge in [0.15, 0.2) is 9.84 Å². The van der Waals surface area contributed by atoms with Gasteiger partial charge in [-0.25, -0.2) is 22.5 Å². The quantitative estimate of drug-likeness (QED) is 0.794. The van der Waals surface area contributed by atoms with Crippen molar-refractivity contribution >= 4 is 15.7 Å². The second-order valence-electron chi connectivity index (χ2n) is 5.66. The number of hydrogen-bond donors (Lipinski definition) is 1. The topological polar surface area (TPSA) is 93.9 Å². The van der Waals surface area contributed by atoms with Gasteiger partial charge in [0.1, 0.15) is 18.0 Å². The van der Waals surface area contributed by atoms with E-state index in [0.29, 0.717) is 19.4 Å². The predicted octanol–water partition coefficient (Wildman–Crippen LogP) is 0.570. The number of fused-ring (bicyclic) bond motifs is 1. The van der Waals surface area contributed by atoms with Crippen LogP contribution in [0.1, 0.15) is 12.2 Å². The molecule has 7 nitrogen and oxygen atoms in total. The van der Waals surface area contributed by atoms with Crippen molar-refractivity contribution in [2.24, 2.45) is 5.92 Å². The Morgan fingerprint density at radius 2 is 2.08 bits per heavy atom. The summed E-state index contributed by atoms with van der Waals surface area (Å²) in [5, 5.41) is 6.71. The molecule has 2 heterocycles. The van der Waals surface area contributed by atoms with Crippen LogP contribution in [0.15, 0.2) is 35.5 Å². The maximum atomic E-state index is 12.9. The molecule has 128 valence electrons. The van der Waals surface area contributed by atoms with Crippen molar-refractivity contribution in [2.75, 3.05) is 12.3 Å². The van der Waals surface area contributed by atoms with E-state index in [0.717, 1.165) is 18.0 Å². The van der Waals surface area contributed by atoms with E-state index in [1.807, 2.05) is 0 Å². The average Bonchev–Trinajstić information content (AvgIpc) is 3.02. The van der Waals surface area contributed by atoms with Gasteiger partial charge in [-0.15, -0.1) is 0 Å². The minimum absolute atomic E-state index is 0.0132.